The quantitative estimate of drug-likeness (QED) is 0.861. The number of hydrogen-bond donors (Lipinski definition) is 1. The number of likely N-dealkylation sites (tertiary alicyclic amines) is 1. The standard InChI is InChI=1S/C15H27N3O.ClH/c1-17(11-15(19)18-7-3-2-4-8-18)14-9-12-5-6-13(10-14)16-12;/h12-14,16H,2-11H2,1H3;1H. The van der Waals surface area contributed by atoms with Crippen LogP contribution in [0.3, 0.4) is 0 Å². The molecule has 0 spiro atoms. The Balaban J connectivity index is 0.00000147. The Morgan fingerprint density at radius 1 is 1.15 bits per heavy atom. The van der Waals surface area contributed by atoms with Gasteiger partial charge in [-0.3, -0.25) is 9.69 Å². The molecule has 2 unspecified atom stereocenters. The number of amides is 1. The van der Waals surface area contributed by atoms with Gasteiger partial charge in [0.2, 0.25) is 5.91 Å². The summed E-state index contributed by atoms with van der Waals surface area (Å²) in [7, 11) is 2.14. The molecule has 1 amide bonds. The lowest BCUT2D eigenvalue weighted by Gasteiger charge is -2.36. The summed E-state index contributed by atoms with van der Waals surface area (Å²) in [6.45, 7) is 2.57. The van der Waals surface area contributed by atoms with Gasteiger partial charge in [0, 0.05) is 31.2 Å². The number of hydrogen-bond acceptors (Lipinski definition) is 3. The van der Waals surface area contributed by atoms with Gasteiger partial charge >= 0.3 is 0 Å². The highest BCUT2D eigenvalue weighted by Crippen LogP contribution is 2.29. The van der Waals surface area contributed by atoms with Gasteiger partial charge < -0.3 is 10.2 Å². The zero-order valence-corrected chi connectivity index (χ0v) is 13.3. The van der Waals surface area contributed by atoms with Crippen molar-refractivity contribution in [2.45, 2.75) is 63.1 Å². The van der Waals surface area contributed by atoms with Crippen LogP contribution in [-0.2, 0) is 4.79 Å². The maximum absolute atomic E-state index is 12.3. The van der Waals surface area contributed by atoms with Gasteiger partial charge in [0.05, 0.1) is 6.54 Å². The Kier molecular flexibility index (Phi) is 5.70. The van der Waals surface area contributed by atoms with E-state index in [1.54, 1.807) is 0 Å². The van der Waals surface area contributed by atoms with Crippen molar-refractivity contribution in [3.05, 3.63) is 0 Å². The summed E-state index contributed by atoms with van der Waals surface area (Å²) in [6, 6.07) is 2.01. The second-order valence-electron chi connectivity index (χ2n) is 6.62. The topological polar surface area (TPSA) is 35.6 Å². The predicted octanol–water partition coefficient (Wildman–Crippen LogP) is 1.64. The first-order valence-electron chi connectivity index (χ1n) is 7.96. The van der Waals surface area contributed by atoms with E-state index in [-0.39, 0.29) is 12.4 Å². The molecule has 2 bridgehead atoms. The highest BCUT2D eigenvalue weighted by atomic mass is 35.5. The van der Waals surface area contributed by atoms with Gasteiger partial charge in [-0.05, 0) is 52.0 Å². The fourth-order valence-electron chi connectivity index (χ4n) is 3.97. The van der Waals surface area contributed by atoms with Crippen molar-refractivity contribution in [2.24, 2.45) is 0 Å². The van der Waals surface area contributed by atoms with Crippen LogP contribution in [0.1, 0.15) is 44.9 Å². The van der Waals surface area contributed by atoms with Crippen LogP contribution in [-0.4, -0.2) is 60.5 Å². The molecule has 0 aliphatic carbocycles. The molecule has 3 rings (SSSR count). The molecule has 116 valence electrons. The summed E-state index contributed by atoms with van der Waals surface area (Å²) in [5.41, 5.74) is 0. The van der Waals surface area contributed by atoms with Crippen molar-refractivity contribution in [1.82, 2.24) is 15.1 Å². The minimum absolute atomic E-state index is 0. The van der Waals surface area contributed by atoms with Crippen molar-refractivity contribution < 1.29 is 4.79 Å². The van der Waals surface area contributed by atoms with Crippen LogP contribution in [0, 0.1) is 0 Å². The van der Waals surface area contributed by atoms with Crippen LogP contribution in [0.25, 0.3) is 0 Å². The third-order valence-corrected chi connectivity index (χ3v) is 5.16. The summed E-state index contributed by atoms with van der Waals surface area (Å²) in [5.74, 6) is 0.341. The van der Waals surface area contributed by atoms with Gasteiger partial charge in [-0.15, -0.1) is 12.4 Å². The molecule has 1 N–H and O–H groups in total. The first-order chi connectivity index (χ1) is 9.22. The van der Waals surface area contributed by atoms with Gasteiger partial charge in [0.15, 0.2) is 0 Å². The SMILES string of the molecule is CN(CC(=O)N1CCCCC1)C1CC2CCC(C1)N2.Cl. The monoisotopic (exact) mass is 301 g/mol. The molecule has 0 aromatic rings. The number of nitrogens with one attached hydrogen (secondary N) is 1. The van der Waals surface area contributed by atoms with E-state index >= 15 is 0 Å². The maximum atomic E-state index is 12.3. The van der Waals surface area contributed by atoms with E-state index in [9.17, 15) is 4.79 Å². The molecule has 0 aromatic heterocycles. The highest BCUT2D eigenvalue weighted by Gasteiger charge is 2.35. The van der Waals surface area contributed by atoms with E-state index in [0.29, 0.717) is 30.6 Å². The summed E-state index contributed by atoms with van der Waals surface area (Å²) in [5, 5.41) is 3.67. The Bertz CT molecular complexity index is 321. The molecular weight excluding hydrogens is 274 g/mol. The minimum atomic E-state index is 0. The lowest BCUT2D eigenvalue weighted by atomic mass is 9.98. The van der Waals surface area contributed by atoms with Crippen molar-refractivity contribution in [3.63, 3.8) is 0 Å². The van der Waals surface area contributed by atoms with Crippen molar-refractivity contribution in [3.8, 4) is 0 Å². The van der Waals surface area contributed by atoms with E-state index in [0.717, 1.165) is 13.1 Å². The van der Waals surface area contributed by atoms with Crippen molar-refractivity contribution in [1.29, 1.82) is 0 Å². The Labute approximate surface area is 128 Å². The van der Waals surface area contributed by atoms with Crippen molar-refractivity contribution in [2.75, 3.05) is 26.7 Å². The zero-order valence-electron chi connectivity index (χ0n) is 12.5. The molecule has 20 heavy (non-hydrogen) atoms. The van der Waals surface area contributed by atoms with E-state index in [1.807, 2.05) is 0 Å². The van der Waals surface area contributed by atoms with E-state index in [1.165, 1.54) is 44.9 Å². The molecule has 0 saturated carbocycles. The number of halogens is 1. The van der Waals surface area contributed by atoms with E-state index < -0.39 is 0 Å². The molecule has 3 saturated heterocycles. The zero-order chi connectivity index (χ0) is 13.2. The van der Waals surface area contributed by atoms with Gasteiger partial charge in [0.1, 0.15) is 0 Å². The first-order valence-corrected chi connectivity index (χ1v) is 7.96. The molecule has 3 fully saturated rings. The number of carbonyl (C=O) groups excluding carboxylic acids is 1. The maximum Gasteiger partial charge on any atom is 0.236 e. The summed E-state index contributed by atoms with van der Waals surface area (Å²) < 4.78 is 0. The molecule has 3 aliphatic rings. The normalized spacial score (nSPS) is 33.1. The average Bonchev–Trinajstić information content (AvgIpc) is 2.78. The van der Waals surface area contributed by atoms with Gasteiger partial charge in [-0.2, -0.15) is 0 Å². The molecule has 0 radical (unpaired) electrons. The molecule has 4 nitrogen and oxygen atoms in total. The van der Waals surface area contributed by atoms with E-state index in [2.05, 4.69) is 22.2 Å². The van der Waals surface area contributed by atoms with Crippen LogP contribution >= 0.6 is 12.4 Å². The van der Waals surface area contributed by atoms with Crippen LogP contribution < -0.4 is 5.32 Å². The Morgan fingerprint density at radius 2 is 1.75 bits per heavy atom. The minimum Gasteiger partial charge on any atom is -0.342 e. The number of nitrogens with zero attached hydrogens (tertiary/aromatic N) is 2. The number of fused-ring (bicyclic) bond motifs is 2. The van der Waals surface area contributed by atoms with Gasteiger partial charge in [-0.1, -0.05) is 0 Å². The molecule has 3 heterocycles. The van der Waals surface area contributed by atoms with Crippen LogP contribution in [0.2, 0.25) is 0 Å². The van der Waals surface area contributed by atoms with Crippen LogP contribution in [0.15, 0.2) is 0 Å². The fraction of sp³-hybridized carbons (Fsp3) is 0.933. The second kappa shape index (κ2) is 7.10. The summed E-state index contributed by atoms with van der Waals surface area (Å²) in [6.07, 6.45) is 8.77. The summed E-state index contributed by atoms with van der Waals surface area (Å²) in [4.78, 5) is 16.7. The lowest BCUT2D eigenvalue weighted by Crippen LogP contribution is -2.50. The average molecular weight is 302 g/mol. The van der Waals surface area contributed by atoms with Crippen LogP contribution in [0.4, 0.5) is 0 Å². The molecule has 0 aromatic carbocycles. The first kappa shape index (κ1) is 16.1. The van der Waals surface area contributed by atoms with Gasteiger partial charge in [0.25, 0.3) is 0 Å². The number of piperidine rings is 2. The Morgan fingerprint density at radius 3 is 2.35 bits per heavy atom. The third-order valence-electron chi connectivity index (χ3n) is 5.16. The molecular formula is C15H28ClN3O. The highest BCUT2D eigenvalue weighted by molar-refractivity contribution is 5.85. The largest absolute Gasteiger partial charge is 0.342 e. The van der Waals surface area contributed by atoms with E-state index in [4.69, 9.17) is 0 Å². The number of carbonyl (C=O) groups is 1. The molecule has 3 aliphatic heterocycles. The second-order valence-corrected chi connectivity index (χ2v) is 6.62. The molecule has 2 atom stereocenters. The third kappa shape index (κ3) is 3.66. The lowest BCUT2D eigenvalue weighted by molar-refractivity contribution is -0.133. The van der Waals surface area contributed by atoms with Crippen molar-refractivity contribution >= 4 is 18.3 Å². The summed E-state index contributed by atoms with van der Waals surface area (Å²) >= 11 is 0. The Hall–Kier alpha value is -0.320. The fourth-order valence-corrected chi connectivity index (χ4v) is 3.97. The molecule has 5 heteroatoms. The van der Waals surface area contributed by atoms with Crippen LogP contribution in [0.5, 0.6) is 0 Å². The smallest absolute Gasteiger partial charge is 0.236 e. The number of rotatable bonds is 3. The number of likely N-dealkylation sites (N-methyl/N-ethyl adjacent to an activating group) is 1. The predicted molar refractivity (Wildman–Crippen MR) is 83.3 cm³/mol. The van der Waals surface area contributed by atoms with Gasteiger partial charge in [-0.25, -0.2) is 0 Å².